The Balaban J connectivity index is 1.81. The maximum atomic E-state index is 4.77. The average Bonchev–Trinajstić information content (AvgIpc) is 3.20. The highest BCUT2D eigenvalue weighted by Crippen LogP contribution is 2.36. The number of halogens is 1. The van der Waals surface area contributed by atoms with Gasteiger partial charge < -0.3 is 5.32 Å². The van der Waals surface area contributed by atoms with E-state index in [1.54, 1.807) is 23.7 Å². The SMILES string of the molecule is CC(Nc1c(-c2ccc(Br)s2)nc2cnccn12)c1ccccc1. The van der Waals surface area contributed by atoms with E-state index in [9.17, 15) is 0 Å². The van der Waals surface area contributed by atoms with E-state index in [1.165, 1.54) is 5.56 Å². The van der Waals surface area contributed by atoms with Crippen LogP contribution in [0.1, 0.15) is 18.5 Å². The molecule has 0 saturated carbocycles. The first-order valence-electron chi connectivity index (χ1n) is 7.61. The topological polar surface area (TPSA) is 42.2 Å². The Morgan fingerprint density at radius 1 is 1.17 bits per heavy atom. The molecule has 0 saturated heterocycles. The van der Waals surface area contributed by atoms with Crippen LogP contribution in [0.5, 0.6) is 0 Å². The third-order valence-electron chi connectivity index (χ3n) is 3.89. The predicted octanol–water partition coefficient (Wildman–Crippen LogP) is 5.39. The summed E-state index contributed by atoms with van der Waals surface area (Å²) in [6, 6.07) is 14.7. The number of imidazole rings is 1. The van der Waals surface area contributed by atoms with Crippen molar-refractivity contribution in [3.05, 3.63) is 70.4 Å². The van der Waals surface area contributed by atoms with Crippen LogP contribution in [0.2, 0.25) is 0 Å². The van der Waals surface area contributed by atoms with Gasteiger partial charge in [-0.3, -0.25) is 9.38 Å². The molecule has 3 heterocycles. The smallest absolute Gasteiger partial charge is 0.157 e. The molecule has 6 heteroatoms. The first-order valence-corrected chi connectivity index (χ1v) is 9.22. The Kier molecular flexibility index (Phi) is 4.08. The molecule has 0 aliphatic rings. The van der Waals surface area contributed by atoms with Crippen LogP contribution in [-0.4, -0.2) is 14.4 Å². The third kappa shape index (κ3) is 2.83. The molecule has 4 aromatic rings. The summed E-state index contributed by atoms with van der Waals surface area (Å²) in [6.45, 7) is 2.16. The monoisotopic (exact) mass is 398 g/mol. The number of anilines is 1. The number of aromatic nitrogens is 3. The normalized spacial score (nSPS) is 12.4. The molecule has 1 unspecified atom stereocenters. The van der Waals surface area contributed by atoms with E-state index in [-0.39, 0.29) is 6.04 Å². The number of thiophene rings is 1. The predicted molar refractivity (Wildman–Crippen MR) is 102 cm³/mol. The lowest BCUT2D eigenvalue weighted by Crippen LogP contribution is -2.09. The van der Waals surface area contributed by atoms with Gasteiger partial charge in [0.15, 0.2) is 5.65 Å². The molecule has 0 spiro atoms. The van der Waals surface area contributed by atoms with Crippen LogP contribution in [0.25, 0.3) is 16.2 Å². The second-order valence-electron chi connectivity index (χ2n) is 5.49. The molecule has 1 atom stereocenters. The van der Waals surface area contributed by atoms with E-state index >= 15 is 0 Å². The van der Waals surface area contributed by atoms with E-state index < -0.39 is 0 Å². The van der Waals surface area contributed by atoms with E-state index in [0.29, 0.717) is 0 Å². The quantitative estimate of drug-likeness (QED) is 0.500. The highest BCUT2D eigenvalue weighted by Gasteiger charge is 2.18. The summed E-state index contributed by atoms with van der Waals surface area (Å²) in [5.41, 5.74) is 3.01. The van der Waals surface area contributed by atoms with E-state index in [0.717, 1.165) is 25.8 Å². The van der Waals surface area contributed by atoms with Crippen molar-refractivity contribution in [1.82, 2.24) is 14.4 Å². The summed E-state index contributed by atoms with van der Waals surface area (Å²) in [6.07, 6.45) is 5.50. The fourth-order valence-electron chi connectivity index (χ4n) is 2.69. The zero-order chi connectivity index (χ0) is 16.5. The minimum atomic E-state index is 0.168. The van der Waals surface area contributed by atoms with Gasteiger partial charge >= 0.3 is 0 Å². The van der Waals surface area contributed by atoms with Gasteiger partial charge in [-0.15, -0.1) is 11.3 Å². The molecule has 120 valence electrons. The molecule has 24 heavy (non-hydrogen) atoms. The van der Waals surface area contributed by atoms with Gasteiger partial charge in [-0.25, -0.2) is 4.98 Å². The first kappa shape index (κ1) is 15.4. The molecule has 3 aromatic heterocycles. The van der Waals surface area contributed by atoms with Crippen LogP contribution in [0.15, 0.2) is 64.8 Å². The van der Waals surface area contributed by atoms with Crippen molar-refractivity contribution in [3.8, 4) is 10.6 Å². The molecule has 1 aromatic carbocycles. The fourth-order valence-corrected chi connectivity index (χ4v) is 4.06. The lowest BCUT2D eigenvalue weighted by Gasteiger charge is -2.16. The molecule has 0 aliphatic carbocycles. The third-order valence-corrected chi connectivity index (χ3v) is 5.52. The molecule has 0 radical (unpaired) electrons. The standard InChI is InChI=1S/C18H15BrN4S/c1-12(13-5-3-2-4-6-13)21-18-17(14-7-8-15(19)24-14)22-16-11-20-9-10-23(16)18/h2-12,21H,1H3. The molecule has 0 amide bonds. The molecule has 0 fully saturated rings. The lowest BCUT2D eigenvalue weighted by molar-refractivity contribution is 0.870. The van der Waals surface area contributed by atoms with Crippen LogP contribution in [0.4, 0.5) is 5.82 Å². The first-order chi connectivity index (χ1) is 11.7. The van der Waals surface area contributed by atoms with Crippen LogP contribution in [0.3, 0.4) is 0 Å². The summed E-state index contributed by atoms with van der Waals surface area (Å²) in [4.78, 5) is 10.1. The van der Waals surface area contributed by atoms with Crippen molar-refractivity contribution in [3.63, 3.8) is 0 Å². The largest absolute Gasteiger partial charge is 0.363 e. The van der Waals surface area contributed by atoms with E-state index in [4.69, 9.17) is 4.98 Å². The van der Waals surface area contributed by atoms with Crippen molar-refractivity contribution in [1.29, 1.82) is 0 Å². The van der Waals surface area contributed by atoms with Gasteiger partial charge in [-0.05, 0) is 40.5 Å². The van der Waals surface area contributed by atoms with Crippen LogP contribution in [0, 0.1) is 0 Å². The Labute approximate surface area is 152 Å². The molecule has 1 N–H and O–H groups in total. The lowest BCUT2D eigenvalue weighted by atomic mass is 10.1. The minimum absolute atomic E-state index is 0.168. The van der Waals surface area contributed by atoms with Crippen LogP contribution in [-0.2, 0) is 0 Å². The van der Waals surface area contributed by atoms with E-state index in [1.807, 2.05) is 18.3 Å². The van der Waals surface area contributed by atoms with Crippen molar-refractivity contribution in [2.75, 3.05) is 5.32 Å². The summed E-state index contributed by atoms with van der Waals surface area (Å²) in [5, 5.41) is 3.62. The van der Waals surface area contributed by atoms with Gasteiger partial charge in [0.1, 0.15) is 11.5 Å². The molecule has 0 bridgehead atoms. The highest BCUT2D eigenvalue weighted by molar-refractivity contribution is 9.11. The highest BCUT2D eigenvalue weighted by atomic mass is 79.9. The van der Waals surface area contributed by atoms with Crippen molar-refractivity contribution in [2.24, 2.45) is 0 Å². The Hall–Kier alpha value is -2.18. The van der Waals surface area contributed by atoms with Crippen LogP contribution >= 0.6 is 27.3 Å². The maximum Gasteiger partial charge on any atom is 0.157 e. The second kappa shape index (κ2) is 6.37. The Morgan fingerprint density at radius 2 is 2.00 bits per heavy atom. The number of hydrogen-bond acceptors (Lipinski definition) is 4. The minimum Gasteiger partial charge on any atom is -0.363 e. The maximum absolute atomic E-state index is 4.77. The Bertz CT molecular complexity index is 977. The summed E-state index contributed by atoms with van der Waals surface area (Å²) in [5.74, 6) is 0.984. The van der Waals surface area contributed by atoms with Crippen molar-refractivity contribution in [2.45, 2.75) is 13.0 Å². The number of nitrogens with zero attached hydrogens (tertiary/aromatic N) is 3. The summed E-state index contributed by atoms with van der Waals surface area (Å²) < 4.78 is 3.14. The van der Waals surface area contributed by atoms with Crippen molar-refractivity contribution >= 4 is 38.7 Å². The van der Waals surface area contributed by atoms with E-state index in [2.05, 4.69) is 67.9 Å². The molecule has 4 rings (SSSR count). The number of hydrogen-bond donors (Lipinski definition) is 1. The molecular formula is C18H15BrN4S. The van der Waals surface area contributed by atoms with Gasteiger partial charge in [0.25, 0.3) is 0 Å². The molecular weight excluding hydrogens is 384 g/mol. The second-order valence-corrected chi connectivity index (χ2v) is 7.96. The van der Waals surface area contributed by atoms with Gasteiger partial charge in [0, 0.05) is 18.4 Å². The number of benzene rings is 1. The Morgan fingerprint density at radius 3 is 2.75 bits per heavy atom. The fraction of sp³-hybridized carbons (Fsp3) is 0.111. The van der Waals surface area contributed by atoms with Crippen LogP contribution < -0.4 is 5.32 Å². The van der Waals surface area contributed by atoms with Gasteiger partial charge in [-0.2, -0.15) is 0 Å². The van der Waals surface area contributed by atoms with Gasteiger partial charge in [0.05, 0.1) is 14.9 Å². The molecule has 0 aliphatic heterocycles. The number of fused-ring (bicyclic) bond motifs is 1. The average molecular weight is 399 g/mol. The van der Waals surface area contributed by atoms with Gasteiger partial charge in [-0.1, -0.05) is 30.3 Å². The zero-order valence-electron chi connectivity index (χ0n) is 13.0. The van der Waals surface area contributed by atoms with Crippen molar-refractivity contribution < 1.29 is 0 Å². The number of nitrogens with one attached hydrogen (secondary N) is 1. The summed E-state index contributed by atoms with van der Waals surface area (Å²) >= 11 is 5.21. The summed E-state index contributed by atoms with van der Waals surface area (Å²) in [7, 11) is 0. The zero-order valence-corrected chi connectivity index (χ0v) is 15.4. The molecule has 4 nitrogen and oxygen atoms in total. The number of rotatable bonds is 4. The van der Waals surface area contributed by atoms with Gasteiger partial charge in [0.2, 0.25) is 0 Å².